The zero-order chi connectivity index (χ0) is 19.2. The number of nitrogens with zero attached hydrogens (tertiary/aromatic N) is 4. The van der Waals surface area contributed by atoms with Gasteiger partial charge >= 0.3 is 0 Å². The molecule has 136 valence electrons. The summed E-state index contributed by atoms with van der Waals surface area (Å²) in [7, 11) is 1.72. The van der Waals surface area contributed by atoms with E-state index in [2.05, 4.69) is 29.8 Å². The fraction of sp³-hybridized carbons (Fsp3) is 0.364. The zero-order valence-corrected chi connectivity index (χ0v) is 15.7. The van der Waals surface area contributed by atoms with E-state index in [1.165, 1.54) is 0 Å². The Morgan fingerprint density at radius 1 is 1.44 bits per heavy atom. The van der Waals surface area contributed by atoms with Crippen molar-refractivity contribution in [3.8, 4) is 17.9 Å². The van der Waals surface area contributed by atoms with Crippen LogP contribution in [0.4, 0.5) is 0 Å². The van der Waals surface area contributed by atoms with Gasteiger partial charge in [-0.2, -0.15) is 5.26 Å². The van der Waals surface area contributed by atoms with Gasteiger partial charge < -0.3 is 0 Å². The van der Waals surface area contributed by atoms with Gasteiger partial charge in [-0.05, 0) is 49.5 Å². The van der Waals surface area contributed by atoms with Crippen molar-refractivity contribution >= 4 is 16.6 Å². The predicted molar refractivity (Wildman–Crippen MR) is 108 cm³/mol. The molecule has 2 aromatic rings. The topological polar surface area (TPSA) is 71.0 Å². The maximum absolute atomic E-state index is 12.8. The minimum absolute atomic E-state index is 0.0152. The van der Waals surface area contributed by atoms with Crippen molar-refractivity contribution in [1.29, 1.82) is 5.26 Å². The standard InChI is InChI=1S/C22H22N4O/c1-3-4-5-18(24-2)9-6-16-7-10-19-20(14-16)25-21-11-8-17(15-23)12-13-26(21)22(19)27/h4-5,7,10,14,17H,3,8,11-13H2,1-2H3/b5-4-,24-18?. The lowest BCUT2D eigenvalue weighted by atomic mass is 10.0. The lowest BCUT2D eigenvalue weighted by Crippen LogP contribution is -2.24. The summed E-state index contributed by atoms with van der Waals surface area (Å²) in [4.78, 5) is 21.7. The van der Waals surface area contributed by atoms with Gasteiger partial charge in [0, 0.05) is 31.5 Å². The van der Waals surface area contributed by atoms with Crippen LogP contribution in [0, 0.1) is 29.1 Å². The van der Waals surface area contributed by atoms with Gasteiger partial charge in [0.2, 0.25) is 0 Å². The fourth-order valence-corrected chi connectivity index (χ4v) is 3.17. The van der Waals surface area contributed by atoms with Crippen LogP contribution >= 0.6 is 0 Å². The lowest BCUT2D eigenvalue weighted by molar-refractivity contribution is 0.538. The minimum Gasteiger partial charge on any atom is -0.296 e. The monoisotopic (exact) mass is 358 g/mol. The van der Waals surface area contributed by atoms with Gasteiger partial charge in [-0.1, -0.05) is 18.9 Å². The van der Waals surface area contributed by atoms with E-state index in [1.807, 2.05) is 24.3 Å². The molecule has 0 spiro atoms. The molecule has 0 fully saturated rings. The molecule has 5 nitrogen and oxygen atoms in total. The highest BCUT2D eigenvalue weighted by Crippen LogP contribution is 2.19. The number of aryl methyl sites for hydroxylation is 1. The summed E-state index contributed by atoms with van der Waals surface area (Å²) in [6, 6.07) is 7.81. The number of aliphatic imine (C=N–C) groups is 1. The smallest absolute Gasteiger partial charge is 0.261 e. The summed E-state index contributed by atoms with van der Waals surface area (Å²) >= 11 is 0. The summed E-state index contributed by atoms with van der Waals surface area (Å²) in [5, 5.41) is 9.77. The molecule has 0 saturated carbocycles. The molecule has 5 heteroatoms. The van der Waals surface area contributed by atoms with Crippen LogP contribution in [0.1, 0.15) is 37.6 Å². The molecule has 0 aliphatic carbocycles. The third-order valence-corrected chi connectivity index (χ3v) is 4.72. The first kappa shape index (κ1) is 18.6. The average Bonchev–Trinajstić information content (AvgIpc) is 2.90. The third kappa shape index (κ3) is 4.15. The maximum atomic E-state index is 12.8. The predicted octanol–water partition coefficient (Wildman–Crippen LogP) is 3.26. The van der Waals surface area contributed by atoms with E-state index in [0.717, 1.165) is 29.9 Å². The Bertz CT molecular complexity index is 1070. The zero-order valence-electron chi connectivity index (χ0n) is 15.7. The molecular formula is C22H22N4O. The van der Waals surface area contributed by atoms with Crippen molar-refractivity contribution in [3.63, 3.8) is 0 Å². The highest BCUT2D eigenvalue weighted by molar-refractivity contribution is 6.09. The van der Waals surface area contributed by atoms with E-state index >= 15 is 0 Å². The number of aromatic nitrogens is 2. The quantitative estimate of drug-likeness (QED) is 0.611. The van der Waals surface area contributed by atoms with Gasteiger partial charge in [0.05, 0.1) is 17.0 Å². The second-order valence-corrected chi connectivity index (χ2v) is 6.54. The van der Waals surface area contributed by atoms with Crippen molar-refractivity contribution in [1.82, 2.24) is 9.55 Å². The summed E-state index contributed by atoms with van der Waals surface area (Å²) in [6.07, 6.45) is 6.95. The van der Waals surface area contributed by atoms with Crippen LogP contribution in [0.5, 0.6) is 0 Å². The van der Waals surface area contributed by atoms with Crippen LogP contribution in [0.15, 0.2) is 40.1 Å². The molecule has 0 amide bonds. The number of allylic oxidation sites excluding steroid dienone is 2. The number of rotatable bonds is 2. The van der Waals surface area contributed by atoms with Gasteiger partial charge in [-0.15, -0.1) is 0 Å². The molecule has 27 heavy (non-hydrogen) atoms. The van der Waals surface area contributed by atoms with Crippen molar-refractivity contribution in [2.75, 3.05) is 7.05 Å². The van der Waals surface area contributed by atoms with Gasteiger partial charge in [0.1, 0.15) is 11.5 Å². The number of hydrogen-bond donors (Lipinski definition) is 0. The molecule has 3 rings (SSSR count). The Morgan fingerprint density at radius 2 is 2.30 bits per heavy atom. The van der Waals surface area contributed by atoms with Crippen molar-refractivity contribution < 1.29 is 0 Å². The van der Waals surface area contributed by atoms with Gasteiger partial charge in [-0.3, -0.25) is 14.4 Å². The summed E-state index contributed by atoms with van der Waals surface area (Å²) in [5.74, 6) is 6.90. The Morgan fingerprint density at radius 3 is 3.04 bits per heavy atom. The summed E-state index contributed by atoms with van der Waals surface area (Å²) in [5.41, 5.74) is 2.14. The average molecular weight is 358 g/mol. The molecule has 0 bridgehead atoms. The Hall–Kier alpha value is -3.18. The molecule has 0 N–H and O–H groups in total. The number of fused-ring (bicyclic) bond motifs is 2. The largest absolute Gasteiger partial charge is 0.296 e. The van der Waals surface area contributed by atoms with Crippen LogP contribution in [0.3, 0.4) is 0 Å². The fourth-order valence-electron chi connectivity index (χ4n) is 3.17. The van der Waals surface area contributed by atoms with E-state index < -0.39 is 0 Å². The molecule has 1 aromatic heterocycles. The van der Waals surface area contributed by atoms with Gasteiger partial charge in [0.25, 0.3) is 5.56 Å². The first-order valence-electron chi connectivity index (χ1n) is 9.24. The SMILES string of the molecule is CC/C=C\C(C#Cc1ccc2c(=O)n3c(nc2c1)CCC(C#N)CC3)=NC. The minimum atomic E-state index is -0.0326. The second-order valence-electron chi connectivity index (χ2n) is 6.54. The molecule has 1 aliphatic heterocycles. The van der Waals surface area contributed by atoms with E-state index in [9.17, 15) is 10.1 Å². The number of nitriles is 1. The van der Waals surface area contributed by atoms with Crippen LogP contribution in [-0.2, 0) is 13.0 Å². The second kappa shape index (κ2) is 8.47. The Labute approximate surface area is 159 Å². The molecular weight excluding hydrogens is 336 g/mol. The molecule has 1 unspecified atom stereocenters. The Kier molecular flexibility index (Phi) is 5.84. The molecule has 1 atom stereocenters. The summed E-state index contributed by atoms with van der Waals surface area (Å²) < 4.78 is 1.72. The summed E-state index contributed by atoms with van der Waals surface area (Å²) in [6.45, 7) is 2.61. The third-order valence-electron chi connectivity index (χ3n) is 4.72. The van der Waals surface area contributed by atoms with Crippen molar-refractivity contribution in [2.24, 2.45) is 10.9 Å². The maximum Gasteiger partial charge on any atom is 0.261 e. The Balaban J connectivity index is 1.99. The van der Waals surface area contributed by atoms with Crippen LogP contribution < -0.4 is 5.56 Å². The molecule has 0 saturated heterocycles. The molecule has 0 radical (unpaired) electrons. The van der Waals surface area contributed by atoms with Gasteiger partial charge in [-0.25, -0.2) is 4.98 Å². The van der Waals surface area contributed by atoms with E-state index in [-0.39, 0.29) is 11.5 Å². The van der Waals surface area contributed by atoms with E-state index in [4.69, 9.17) is 4.98 Å². The number of benzene rings is 1. The molecule has 1 aromatic carbocycles. The first-order chi connectivity index (χ1) is 13.2. The molecule has 2 heterocycles. The van der Waals surface area contributed by atoms with Gasteiger partial charge in [0.15, 0.2) is 0 Å². The lowest BCUT2D eigenvalue weighted by Gasteiger charge is -2.10. The van der Waals surface area contributed by atoms with Crippen LogP contribution in [0.2, 0.25) is 0 Å². The highest BCUT2D eigenvalue weighted by Gasteiger charge is 2.19. The van der Waals surface area contributed by atoms with Crippen molar-refractivity contribution in [3.05, 3.63) is 52.1 Å². The number of hydrogen-bond acceptors (Lipinski definition) is 4. The normalized spacial score (nSPS) is 17.1. The van der Waals surface area contributed by atoms with E-state index in [0.29, 0.717) is 30.3 Å². The van der Waals surface area contributed by atoms with Crippen LogP contribution in [-0.4, -0.2) is 22.3 Å². The van der Waals surface area contributed by atoms with Crippen molar-refractivity contribution in [2.45, 2.75) is 39.2 Å². The highest BCUT2D eigenvalue weighted by atomic mass is 16.1. The molecule has 1 aliphatic rings. The van der Waals surface area contributed by atoms with E-state index in [1.54, 1.807) is 17.7 Å². The first-order valence-corrected chi connectivity index (χ1v) is 9.24. The van der Waals surface area contributed by atoms with Crippen LogP contribution in [0.25, 0.3) is 10.9 Å².